The summed E-state index contributed by atoms with van der Waals surface area (Å²) in [5.41, 5.74) is 0. The van der Waals surface area contributed by atoms with Crippen LogP contribution in [0.5, 0.6) is 0 Å². The normalized spacial score (nSPS) is 9.92. The maximum atomic E-state index is 5.05. The van der Waals surface area contributed by atoms with Gasteiger partial charge in [0.25, 0.3) is 0 Å². The van der Waals surface area contributed by atoms with Crippen molar-refractivity contribution in [3.8, 4) is 0 Å². The molecule has 0 aromatic rings. The van der Waals surface area contributed by atoms with Crippen molar-refractivity contribution >= 4 is 0 Å². The molecule has 0 aliphatic heterocycles. The Morgan fingerprint density at radius 2 is 1.08 bits per heavy atom. The summed E-state index contributed by atoms with van der Waals surface area (Å²) >= 11 is 0. The Morgan fingerprint density at radius 3 is 1.31 bits per heavy atom. The Morgan fingerprint density at radius 1 is 0.769 bits per heavy atom. The van der Waals surface area contributed by atoms with Gasteiger partial charge in [0.1, 0.15) is 0 Å². The van der Waals surface area contributed by atoms with Gasteiger partial charge >= 0.3 is 6.48 Å². The second-order valence-corrected chi connectivity index (χ2v) is 2.05. The summed E-state index contributed by atoms with van der Waals surface area (Å²) in [6.07, 6.45) is 4.82. The fourth-order valence-corrected chi connectivity index (χ4v) is 0.506. The van der Waals surface area contributed by atoms with Gasteiger partial charge in [-0.05, 0) is 0 Å². The Bertz CT molecular complexity index is 126. The van der Waals surface area contributed by atoms with E-state index in [1.54, 1.807) is 18.2 Å². The van der Waals surface area contributed by atoms with Gasteiger partial charge in [0, 0.05) is 0 Å². The molecule has 0 unspecified atom stereocenters. The fourth-order valence-electron chi connectivity index (χ4n) is 0.506. The molecule has 0 aliphatic rings. The lowest BCUT2D eigenvalue weighted by Crippen LogP contribution is -2.12. The van der Waals surface area contributed by atoms with Gasteiger partial charge in [-0.2, -0.15) is 0 Å². The molecule has 0 spiro atoms. The quantitative estimate of drug-likeness (QED) is 0.512. The first-order valence-corrected chi connectivity index (χ1v) is 3.93. The highest BCUT2D eigenvalue weighted by molar-refractivity contribution is 4.71. The average molecular weight is 183 g/mol. The first-order valence-electron chi connectivity index (χ1n) is 3.93. The minimum Gasteiger partial charge on any atom is -0.317 e. The lowest BCUT2D eigenvalue weighted by atomic mass is 10.7. The SMILES string of the molecule is C=CCO[C](OCC=C)OCC=C. The zero-order chi connectivity index (χ0) is 9.94. The van der Waals surface area contributed by atoms with Crippen molar-refractivity contribution in [2.45, 2.75) is 0 Å². The van der Waals surface area contributed by atoms with Gasteiger partial charge in [0.05, 0.1) is 19.8 Å². The number of hydrogen-bond acceptors (Lipinski definition) is 3. The van der Waals surface area contributed by atoms with Crippen LogP contribution < -0.4 is 0 Å². The van der Waals surface area contributed by atoms with Crippen LogP contribution in [0.4, 0.5) is 0 Å². The van der Waals surface area contributed by atoms with E-state index in [-0.39, 0.29) is 6.48 Å². The molecule has 0 atom stereocenters. The Labute approximate surface area is 79.3 Å². The van der Waals surface area contributed by atoms with Crippen molar-refractivity contribution in [3.05, 3.63) is 44.4 Å². The Balaban J connectivity index is 3.64. The summed E-state index contributed by atoms with van der Waals surface area (Å²) in [7, 11) is 0. The zero-order valence-corrected chi connectivity index (χ0v) is 7.70. The van der Waals surface area contributed by atoms with Crippen LogP contribution >= 0.6 is 0 Å². The summed E-state index contributed by atoms with van der Waals surface area (Å²) in [5.74, 6) is 0. The lowest BCUT2D eigenvalue weighted by molar-refractivity contribution is -0.171. The van der Waals surface area contributed by atoms with E-state index >= 15 is 0 Å². The van der Waals surface area contributed by atoms with Gasteiger partial charge in [-0.25, -0.2) is 0 Å². The molecule has 0 fully saturated rings. The van der Waals surface area contributed by atoms with Gasteiger partial charge in [-0.15, -0.1) is 19.7 Å². The van der Waals surface area contributed by atoms with E-state index in [1.165, 1.54) is 0 Å². The van der Waals surface area contributed by atoms with E-state index in [9.17, 15) is 0 Å². The van der Waals surface area contributed by atoms with Crippen molar-refractivity contribution < 1.29 is 14.2 Å². The van der Waals surface area contributed by atoms with Crippen molar-refractivity contribution in [3.63, 3.8) is 0 Å². The molecule has 0 N–H and O–H groups in total. The van der Waals surface area contributed by atoms with Crippen molar-refractivity contribution in [2.75, 3.05) is 19.8 Å². The van der Waals surface area contributed by atoms with Crippen LogP contribution in [-0.2, 0) is 14.2 Å². The van der Waals surface area contributed by atoms with Gasteiger partial charge in [0.15, 0.2) is 0 Å². The first-order chi connectivity index (χ1) is 6.35. The summed E-state index contributed by atoms with van der Waals surface area (Å²) in [6, 6.07) is 0. The molecule has 73 valence electrons. The molecule has 13 heavy (non-hydrogen) atoms. The molecule has 1 radical (unpaired) electrons. The minimum absolute atomic E-state index is 0.125. The molecule has 0 aliphatic carbocycles. The monoisotopic (exact) mass is 183 g/mol. The second-order valence-electron chi connectivity index (χ2n) is 2.05. The molecular formula is C10H15O3. The van der Waals surface area contributed by atoms with Crippen molar-refractivity contribution in [2.24, 2.45) is 0 Å². The molecule has 0 amide bonds. The zero-order valence-electron chi connectivity index (χ0n) is 7.70. The predicted octanol–water partition coefficient (Wildman–Crippen LogP) is 2.04. The molecule has 0 rings (SSSR count). The van der Waals surface area contributed by atoms with E-state index in [0.29, 0.717) is 19.8 Å². The third kappa shape index (κ3) is 7.46. The van der Waals surface area contributed by atoms with Gasteiger partial charge in [0.2, 0.25) is 0 Å². The molecule has 0 saturated heterocycles. The smallest absolute Gasteiger partial charge is 0.317 e. The third-order valence-electron chi connectivity index (χ3n) is 0.957. The number of ether oxygens (including phenoxy) is 3. The highest BCUT2D eigenvalue weighted by Gasteiger charge is 2.10. The van der Waals surface area contributed by atoms with Gasteiger partial charge in [-0.3, -0.25) is 0 Å². The molecule has 0 heterocycles. The topological polar surface area (TPSA) is 27.7 Å². The molecule has 0 saturated carbocycles. The van der Waals surface area contributed by atoms with E-state index < -0.39 is 0 Å². The molecule has 0 aromatic carbocycles. The Kier molecular flexibility index (Phi) is 8.55. The van der Waals surface area contributed by atoms with Crippen LogP contribution in [0.15, 0.2) is 38.0 Å². The number of rotatable bonds is 9. The van der Waals surface area contributed by atoms with Gasteiger partial charge < -0.3 is 14.2 Å². The maximum absolute atomic E-state index is 5.05. The van der Waals surface area contributed by atoms with Crippen LogP contribution in [0.3, 0.4) is 0 Å². The molecule has 0 bridgehead atoms. The molecule has 3 heteroatoms. The second kappa shape index (κ2) is 9.19. The summed E-state index contributed by atoms with van der Waals surface area (Å²) in [6.45, 7) is 11.7. The predicted molar refractivity (Wildman–Crippen MR) is 51.7 cm³/mol. The standard InChI is InChI=1S/C10H15O3/c1-4-7-11-10(12-8-5-2)13-9-6-3/h4-6H,1-3,7-9H2. The third-order valence-corrected chi connectivity index (χ3v) is 0.957. The van der Waals surface area contributed by atoms with Crippen LogP contribution in [0.25, 0.3) is 0 Å². The van der Waals surface area contributed by atoms with E-state index in [1.807, 2.05) is 0 Å². The highest BCUT2D eigenvalue weighted by atomic mass is 16.8. The first kappa shape index (κ1) is 12.1. The van der Waals surface area contributed by atoms with E-state index in [0.717, 1.165) is 0 Å². The fraction of sp³-hybridized carbons (Fsp3) is 0.300. The number of hydrogen-bond donors (Lipinski definition) is 0. The van der Waals surface area contributed by atoms with Crippen LogP contribution in [-0.4, -0.2) is 19.8 Å². The summed E-state index contributed by atoms with van der Waals surface area (Å²) in [5, 5.41) is 0. The largest absolute Gasteiger partial charge is 0.371 e. The van der Waals surface area contributed by atoms with Gasteiger partial charge in [-0.1, -0.05) is 18.2 Å². The van der Waals surface area contributed by atoms with Crippen molar-refractivity contribution in [1.82, 2.24) is 0 Å². The molecule has 0 aromatic heterocycles. The summed E-state index contributed by atoms with van der Waals surface area (Å²) < 4.78 is 15.2. The Hall–Kier alpha value is -0.900. The maximum Gasteiger partial charge on any atom is 0.371 e. The van der Waals surface area contributed by atoms with Crippen molar-refractivity contribution in [1.29, 1.82) is 0 Å². The van der Waals surface area contributed by atoms with E-state index in [4.69, 9.17) is 14.2 Å². The average Bonchev–Trinajstić information content (AvgIpc) is 2.17. The van der Waals surface area contributed by atoms with Crippen LogP contribution in [0.1, 0.15) is 0 Å². The lowest BCUT2D eigenvalue weighted by Gasteiger charge is -2.12. The van der Waals surface area contributed by atoms with E-state index in [2.05, 4.69) is 19.7 Å². The molecular weight excluding hydrogens is 168 g/mol. The molecule has 3 nitrogen and oxygen atoms in total. The summed E-state index contributed by atoms with van der Waals surface area (Å²) in [4.78, 5) is 0. The van der Waals surface area contributed by atoms with Crippen LogP contribution in [0, 0.1) is 6.48 Å². The minimum atomic E-state index is 0.125. The highest BCUT2D eigenvalue weighted by Crippen LogP contribution is 2.06. The van der Waals surface area contributed by atoms with Crippen LogP contribution in [0.2, 0.25) is 0 Å².